The van der Waals surface area contributed by atoms with Gasteiger partial charge in [0.15, 0.2) is 10.3 Å². The van der Waals surface area contributed by atoms with Crippen LogP contribution in [0.4, 0.5) is 10.3 Å². The molecule has 1 fully saturated rings. The highest BCUT2D eigenvalue weighted by atomic mass is 32.1. The number of benzene rings is 8. The van der Waals surface area contributed by atoms with Crippen LogP contribution in [0.5, 0.6) is 23.0 Å². The molecule has 0 bridgehead atoms. The summed E-state index contributed by atoms with van der Waals surface area (Å²) in [6.45, 7) is 13.3. The van der Waals surface area contributed by atoms with Crippen molar-refractivity contribution in [1.29, 1.82) is 10.8 Å². The van der Waals surface area contributed by atoms with E-state index in [4.69, 9.17) is 50.7 Å². The van der Waals surface area contributed by atoms with E-state index >= 15 is 0 Å². The van der Waals surface area contributed by atoms with Crippen LogP contribution in [-0.4, -0.2) is 72.7 Å². The summed E-state index contributed by atoms with van der Waals surface area (Å²) in [6.07, 6.45) is 27.2. The average Bonchev–Trinajstić information content (AvgIpc) is 1.61. The lowest BCUT2D eigenvalue weighted by atomic mass is 9.77. The molecule has 0 atom stereocenters. The van der Waals surface area contributed by atoms with Gasteiger partial charge in [0.25, 0.3) is 0 Å². The lowest BCUT2D eigenvalue weighted by Gasteiger charge is -2.29. The third-order valence-corrected chi connectivity index (χ3v) is 20.3. The second-order valence-electron chi connectivity index (χ2n) is 26.7. The standard InChI is InChI=1S/C42H47NO5.C34H45NO5.2C7H6N2S/c1-3-5-8-11-32-14-19-35(20-15-32)36-21-16-33(17-22-36)12-13-34-18-27-40(38(30-34)31-43)48-42(45)37-23-25-39(26-24-37)46-28-9-6-7-10-29-47-41(44)4-2;1-3-9-26-10-15-28(16-11-26)29-17-20-32(30(24-29)25-35)40-34(37)21-14-27-12-18-31(19-13-27)38-22-7-5-6-8-23-39-33(36)4-2;2*8-7-9-5-3-1-2-4-6(5)10-7/h4,14-27,30-31,43H,2-3,5-13,28-29H2,1H3;4,12-13,17-20,24-26,28,35H,2-3,5-11,14-16,21-23H2,1H3;2*1-4H,(H2,8,9). The number of nitrogens with one attached hydrogen (secondary N) is 2. The summed E-state index contributed by atoms with van der Waals surface area (Å²) in [5, 5.41) is 17.0. The molecule has 16 nitrogen and oxygen atoms in total. The Morgan fingerprint density at radius 3 is 1.46 bits per heavy atom. The molecule has 1 aliphatic rings. The van der Waals surface area contributed by atoms with Crippen LogP contribution in [0.3, 0.4) is 0 Å². The van der Waals surface area contributed by atoms with Gasteiger partial charge in [-0.15, -0.1) is 0 Å². The summed E-state index contributed by atoms with van der Waals surface area (Å²) in [6, 6.07) is 59.8. The summed E-state index contributed by atoms with van der Waals surface area (Å²) < 4.78 is 35.1. The molecule has 566 valence electrons. The number of nitrogens with two attached hydrogens (primary N) is 2. The quantitative estimate of drug-likeness (QED) is 0.00930. The Kier molecular flexibility index (Phi) is 35.8. The van der Waals surface area contributed by atoms with Gasteiger partial charge in [-0.25, -0.2) is 24.4 Å². The van der Waals surface area contributed by atoms with Crippen molar-refractivity contribution in [3.63, 3.8) is 0 Å². The molecule has 1 saturated carbocycles. The Bertz CT molecular complexity index is 4290. The molecule has 2 aromatic heterocycles. The number of hydrogen-bond donors (Lipinski definition) is 4. The SMILES string of the molecule is C=CC(=O)OCCCCCCOc1ccc(C(=O)Oc2ccc(CCc3ccc(-c4ccc(CCCCC)cc4)cc3)cc2C=N)cc1.C=CC(=O)OCCCCCCOc1ccc(CCC(=O)Oc2ccc(C3CCC(CCC)CC3)cc2C=N)cc1.Nc1nc2ccccc2s1.Nc1nc2ccccc2s1. The van der Waals surface area contributed by atoms with Gasteiger partial charge < -0.3 is 50.7 Å². The minimum atomic E-state index is -0.485. The van der Waals surface area contributed by atoms with Crippen molar-refractivity contribution in [1.82, 2.24) is 9.97 Å². The van der Waals surface area contributed by atoms with Gasteiger partial charge in [-0.1, -0.05) is 172 Å². The van der Waals surface area contributed by atoms with Crippen LogP contribution in [0.2, 0.25) is 0 Å². The van der Waals surface area contributed by atoms with Crippen molar-refractivity contribution in [3.8, 4) is 34.1 Å². The fraction of sp³-hybridized carbons (Fsp3) is 0.333. The number of ether oxygens (including phenoxy) is 6. The zero-order valence-corrected chi connectivity index (χ0v) is 64.2. The number of carbonyl (C=O) groups excluding carboxylic acids is 4. The minimum absolute atomic E-state index is 0.267. The van der Waals surface area contributed by atoms with Gasteiger partial charge in [0.2, 0.25) is 0 Å². The molecular formula is C90H104N6O10S2. The Balaban J connectivity index is 0.000000216. The molecule has 18 heteroatoms. The molecular weight excluding hydrogens is 1390 g/mol. The molecule has 108 heavy (non-hydrogen) atoms. The topological polar surface area (TPSA) is 249 Å². The number of esters is 4. The van der Waals surface area contributed by atoms with Crippen LogP contribution in [0.15, 0.2) is 207 Å². The van der Waals surface area contributed by atoms with Gasteiger partial charge in [0.05, 0.1) is 52.4 Å². The highest BCUT2D eigenvalue weighted by Gasteiger charge is 2.23. The Hall–Kier alpha value is -10.6. The van der Waals surface area contributed by atoms with Crippen molar-refractivity contribution in [2.75, 3.05) is 37.9 Å². The molecule has 1 aliphatic carbocycles. The monoisotopic (exact) mass is 1490 g/mol. The number of thiazole rings is 2. The maximum Gasteiger partial charge on any atom is 0.343 e. The van der Waals surface area contributed by atoms with E-state index < -0.39 is 11.9 Å². The lowest BCUT2D eigenvalue weighted by molar-refractivity contribution is -0.138. The molecule has 6 N–H and O–H groups in total. The van der Waals surface area contributed by atoms with E-state index in [1.165, 1.54) is 133 Å². The second-order valence-corrected chi connectivity index (χ2v) is 28.8. The van der Waals surface area contributed by atoms with Crippen molar-refractivity contribution in [2.45, 2.75) is 161 Å². The number of rotatable bonds is 37. The van der Waals surface area contributed by atoms with Crippen molar-refractivity contribution in [3.05, 3.63) is 252 Å². The van der Waals surface area contributed by atoms with E-state index in [0.717, 1.165) is 114 Å². The van der Waals surface area contributed by atoms with Gasteiger partial charge in [0, 0.05) is 42.1 Å². The Labute approximate surface area is 645 Å². The number of carbonyl (C=O) groups is 4. The number of fused-ring (bicyclic) bond motifs is 2. The molecule has 0 radical (unpaired) electrons. The van der Waals surface area contributed by atoms with Gasteiger partial charge in [-0.2, -0.15) is 0 Å². The predicted octanol–water partition coefficient (Wildman–Crippen LogP) is 21.5. The van der Waals surface area contributed by atoms with Crippen molar-refractivity contribution in [2.24, 2.45) is 5.92 Å². The molecule has 0 saturated heterocycles. The fourth-order valence-corrected chi connectivity index (χ4v) is 14.0. The van der Waals surface area contributed by atoms with Crippen LogP contribution in [0, 0.1) is 16.7 Å². The first-order valence-electron chi connectivity index (χ1n) is 37.9. The summed E-state index contributed by atoms with van der Waals surface area (Å²) in [5.41, 5.74) is 23.1. The molecule has 0 spiro atoms. The maximum atomic E-state index is 12.9. The first-order valence-corrected chi connectivity index (χ1v) is 39.5. The maximum absolute atomic E-state index is 12.9. The van der Waals surface area contributed by atoms with Gasteiger partial charge in [-0.3, -0.25) is 4.79 Å². The van der Waals surface area contributed by atoms with E-state index in [2.05, 4.69) is 91.6 Å². The highest BCUT2D eigenvalue weighted by molar-refractivity contribution is 7.22. The largest absolute Gasteiger partial charge is 0.494 e. The van der Waals surface area contributed by atoms with Gasteiger partial charge in [0.1, 0.15) is 23.0 Å². The third kappa shape index (κ3) is 29.0. The first-order chi connectivity index (χ1) is 52.7. The summed E-state index contributed by atoms with van der Waals surface area (Å²) in [4.78, 5) is 55.7. The molecule has 8 aromatic carbocycles. The van der Waals surface area contributed by atoms with Gasteiger partial charge in [-0.05, 0) is 245 Å². The molecule has 0 amide bonds. The molecule has 10 aromatic rings. The van der Waals surface area contributed by atoms with E-state index in [1.807, 2.05) is 97.1 Å². The zero-order chi connectivity index (χ0) is 76.5. The summed E-state index contributed by atoms with van der Waals surface area (Å²) in [5.74, 6) is 2.15. The summed E-state index contributed by atoms with van der Waals surface area (Å²) in [7, 11) is 0. The van der Waals surface area contributed by atoms with Crippen LogP contribution in [-0.2, 0) is 49.5 Å². The molecule has 0 unspecified atom stereocenters. The van der Waals surface area contributed by atoms with E-state index in [0.29, 0.717) is 83.0 Å². The first kappa shape index (κ1) is 83.1. The second kappa shape index (κ2) is 46.5. The summed E-state index contributed by atoms with van der Waals surface area (Å²) >= 11 is 3.04. The van der Waals surface area contributed by atoms with Crippen LogP contribution >= 0.6 is 22.7 Å². The molecule has 11 rings (SSSR count). The minimum Gasteiger partial charge on any atom is -0.494 e. The van der Waals surface area contributed by atoms with Crippen molar-refractivity contribution >= 4 is 89.7 Å². The average molecular weight is 1490 g/mol. The number of para-hydroxylation sites is 2. The third-order valence-electron chi connectivity index (χ3n) is 18.6. The number of hydrogen-bond acceptors (Lipinski definition) is 18. The smallest absolute Gasteiger partial charge is 0.343 e. The van der Waals surface area contributed by atoms with E-state index in [9.17, 15) is 19.2 Å². The van der Waals surface area contributed by atoms with Crippen LogP contribution in [0.1, 0.15) is 185 Å². The van der Waals surface area contributed by atoms with Crippen molar-refractivity contribution < 1.29 is 47.6 Å². The van der Waals surface area contributed by atoms with E-state index in [-0.39, 0.29) is 18.4 Å². The molecule has 2 heterocycles. The number of aromatic nitrogens is 2. The van der Waals surface area contributed by atoms with Crippen LogP contribution < -0.4 is 30.4 Å². The predicted molar refractivity (Wildman–Crippen MR) is 441 cm³/mol. The van der Waals surface area contributed by atoms with Gasteiger partial charge >= 0.3 is 23.9 Å². The number of nitrogens with zero attached hydrogens (tertiary/aromatic N) is 2. The highest BCUT2D eigenvalue weighted by Crippen LogP contribution is 2.39. The number of nitrogen functional groups attached to an aromatic ring is 2. The molecule has 0 aliphatic heterocycles. The number of anilines is 2. The number of unbranched alkanes of at least 4 members (excludes halogenated alkanes) is 8. The Morgan fingerprint density at radius 1 is 0.481 bits per heavy atom. The zero-order valence-electron chi connectivity index (χ0n) is 62.5. The Morgan fingerprint density at radius 2 is 0.944 bits per heavy atom. The van der Waals surface area contributed by atoms with Crippen LogP contribution in [0.25, 0.3) is 31.6 Å². The lowest BCUT2D eigenvalue weighted by Crippen LogP contribution is -2.14. The number of aryl methyl sites for hydroxylation is 4. The normalized spacial score (nSPS) is 12.8. The fourth-order valence-electron chi connectivity index (χ4n) is 12.5. The van der Waals surface area contributed by atoms with E-state index in [1.54, 1.807) is 30.3 Å².